The number of non-ortho nitro benzene ring substituents is 1. The highest BCUT2D eigenvalue weighted by Crippen LogP contribution is 2.40. The van der Waals surface area contributed by atoms with E-state index in [0.717, 1.165) is 14.6 Å². The third kappa shape index (κ3) is 3.26. The van der Waals surface area contributed by atoms with Crippen molar-refractivity contribution in [2.45, 2.75) is 16.5 Å². The number of nitro groups is 1. The first kappa shape index (κ1) is 16.5. The fraction of sp³-hybridized carbons (Fsp3) is 0.200. The summed E-state index contributed by atoms with van der Waals surface area (Å²) < 4.78 is 11.6. The van der Waals surface area contributed by atoms with E-state index in [2.05, 4.69) is 9.72 Å². The van der Waals surface area contributed by atoms with E-state index < -0.39 is 10.9 Å². The lowest BCUT2D eigenvalue weighted by atomic mass is 10.3. The average Bonchev–Trinajstić information content (AvgIpc) is 3.19. The molecule has 3 aromatic rings. The molecule has 3 rings (SSSR count). The van der Waals surface area contributed by atoms with Crippen molar-refractivity contribution in [1.82, 2.24) is 4.98 Å². The van der Waals surface area contributed by atoms with Gasteiger partial charge < -0.3 is 9.15 Å². The zero-order valence-electron chi connectivity index (χ0n) is 12.7. The van der Waals surface area contributed by atoms with Crippen molar-refractivity contribution in [3.63, 3.8) is 0 Å². The number of thioether (sulfide) groups is 1. The van der Waals surface area contributed by atoms with Gasteiger partial charge in [0, 0.05) is 12.1 Å². The van der Waals surface area contributed by atoms with E-state index in [0.29, 0.717) is 5.76 Å². The van der Waals surface area contributed by atoms with Gasteiger partial charge in [0.05, 0.1) is 27.5 Å². The van der Waals surface area contributed by atoms with Gasteiger partial charge in [0.15, 0.2) is 4.34 Å². The summed E-state index contributed by atoms with van der Waals surface area (Å²) in [5.41, 5.74) is 0.763. The number of nitro benzene ring substituents is 1. The molecular weight excluding hydrogens is 352 g/mol. The number of nitrogens with zero attached hydrogens (tertiary/aromatic N) is 2. The maximum Gasteiger partial charge on any atom is 0.373 e. The minimum atomic E-state index is -0.522. The van der Waals surface area contributed by atoms with E-state index in [4.69, 9.17) is 4.42 Å². The van der Waals surface area contributed by atoms with Crippen LogP contribution in [-0.2, 0) is 4.74 Å². The highest BCUT2D eigenvalue weighted by Gasteiger charge is 2.18. The predicted octanol–water partition coefficient (Wildman–Crippen LogP) is 4.44. The number of aromatic nitrogens is 1. The molecule has 0 fully saturated rings. The van der Waals surface area contributed by atoms with Gasteiger partial charge in [-0.25, -0.2) is 9.78 Å². The zero-order chi connectivity index (χ0) is 17.3. The summed E-state index contributed by atoms with van der Waals surface area (Å²) in [4.78, 5) is 26.3. The minimum absolute atomic E-state index is 0.0458. The van der Waals surface area contributed by atoms with Crippen LogP contribution in [0.15, 0.2) is 39.1 Å². The minimum Gasteiger partial charge on any atom is -0.463 e. The fourth-order valence-electron chi connectivity index (χ4n) is 2.05. The molecule has 0 N–H and O–H groups in total. The Morgan fingerprint density at radius 3 is 2.92 bits per heavy atom. The zero-order valence-corrected chi connectivity index (χ0v) is 14.3. The third-order valence-corrected chi connectivity index (χ3v) is 5.49. The van der Waals surface area contributed by atoms with Gasteiger partial charge in [-0.2, -0.15) is 0 Å². The third-order valence-electron chi connectivity index (χ3n) is 3.25. The number of furan rings is 1. The number of carbonyl (C=O) groups is 1. The van der Waals surface area contributed by atoms with Crippen molar-refractivity contribution in [1.29, 1.82) is 0 Å². The lowest BCUT2D eigenvalue weighted by Crippen LogP contribution is -1.98. The smallest absolute Gasteiger partial charge is 0.373 e. The van der Waals surface area contributed by atoms with Gasteiger partial charge in [-0.15, -0.1) is 11.3 Å². The van der Waals surface area contributed by atoms with Gasteiger partial charge in [-0.3, -0.25) is 10.1 Å². The van der Waals surface area contributed by atoms with Crippen molar-refractivity contribution in [2.75, 3.05) is 7.11 Å². The van der Waals surface area contributed by atoms with Gasteiger partial charge in [0.25, 0.3) is 5.69 Å². The Kier molecular flexibility index (Phi) is 4.54. The number of methoxy groups -OCH3 is 1. The van der Waals surface area contributed by atoms with Crippen molar-refractivity contribution in [3.05, 3.63) is 52.0 Å². The molecule has 1 aromatic carbocycles. The van der Waals surface area contributed by atoms with Crippen LogP contribution in [0.25, 0.3) is 10.2 Å². The molecule has 7 nitrogen and oxygen atoms in total. The fourth-order valence-corrected chi connectivity index (χ4v) is 4.37. The van der Waals surface area contributed by atoms with Crippen molar-refractivity contribution in [2.24, 2.45) is 0 Å². The molecule has 0 bridgehead atoms. The number of rotatable bonds is 5. The summed E-state index contributed by atoms with van der Waals surface area (Å²) in [6.07, 6.45) is 0. The number of fused-ring (bicyclic) bond motifs is 1. The average molecular weight is 364 g/mol. The SMILES string of the molecule is COC(=O)c1ccc([C@@H](C)Sc2nc3ccc([N+](=O)[O-])cc3s2)o1. The summed E-state index contributed by atoms with van der Waals surface area (Å²) in [5, 5.41) is 10.8. The molecule has 0 aliphatic carbocycles. The first-order valence-electron chi connectivity index (χ1n) is 6.87. The normalized spacial score (nSPS) is 12.2. The number of benzene rings is 1. The Labute approximate surface area is 144 Å². The molecule has 0 amide bonds. The summed E-state index contributed by atoms with van der Waals surface area (Å²) >= 11 is 2.84. The van der Waals surface area contributed by atoms with Crippen molar-refractivity contribution >= 4 is 45.0 Å². The first-order chi connectivity index (χ1) is 11.5. The van der Waals surface area contributed by atoms with Crippen LogP contribution in [0.3, 0.4) is 0 Å². The lowest BCUT2D eigenvalue weighted by Gasteiger charge is -2.04. The van der Waals surface area contributed by atoms with E-state index in [1.165, 1.54) is 42.3 Å². The van der Waals surface area contributed by atoms with Crippen molar-refractivity contribution < 1.29 is 18.9 Å². The molecule has 2 heterocycles. The van der Waals surface area contributed by atoms with Crippen molar-refractivity contribution in [3.8, 4) is 0 Å². The lowest BCUT2D eigenvalue weighted by molar-refractivity contribution is -0.384. The van der Waals surface area contributed by atoms with E-state index in [-0.39, 0.29) is 16.7 Å². The molecule has 2 aromatic heterocycles. The second-order valence-electron chi connectivity index (χ2n) is 4.84. The Morgan fingerprint density at radius 2 is 2.21 bits per heavy atom. The monoisotopic (exact) mass is 364 g/mol. The molecule has 0 unspecified atom stereocenters. The van der Waals surface area contributed by atoms with Gasteiger partial charge in [-0.1, -0.05) is 11.8 Å². The standard InChI is InChI=1S/C15H12N2O5S2/c1-8(11-5-6-12(22-11)14(18)21-2)23-15-16-10-4-3-9(17(19)20)7-13(10)24-15/h3-8H,1-2H3/t8-/m1/s1. The molecule has 1 atom stereocenters. The van der Waals surface area contributed by atoms with Crippen LogP contribution in [0.4, 0.5) is 5.69 Å². The molecule has 0 aliphatic heterocycles. The van der Waals surface area contributed by atoms with Gasteiger partial charge in [-0.05, 0) is 25.1 Å². The Bertz CT molecular complexity index is 918. The molecule has 0 saturated heterocycles. The van der Waals surface area contributed by atoms with E-state index in [1.807, 2.05) is 6.92 Å². The van der Waals surface area contributed by atoms with Crippen LogP contribution in [0.1, 0.15) is 28.5 Å². The quantitative estimate of drug-likeness (QED) is 0.286. The van der Waals surface area contributed by atoms with E-state index >= 15 is 0 Å². The first-order valence-corrected chi connectivity index (χ1v) is 8.57. The van der Waals surface area contributed by atoms with Crippen LogP contribution in [-0.4, -0.2) is 23.0 Å². The van der Waals surface area contributed by atoms with Crippen LogP contribution in [0.2, 0.25) is 0 Å². The number of carbonyl (C=O) groups excluding carboxylic acids is 1. The maximum absolute atomic E-state index is 11.4. The van der Waals surface area contributed by atoms with Crippen LogP contribution < -0.4 is 0 Å². The van der Waals surface area contributed by atoms with Crippen LogP contribution >= 0.6 is 23.1 Å². The second kappa shape index (κ2) is 6.62. The van der Waals surface area contributed by atoms with Gasteiger partial charge >= 0.3 is 5.97 Å². The van der Waals surface area contributed by atoms with E-state index in [1.54, 1.807) is 18.2 Å². The molecule has 0 radical (unpaired) electrons. The topological polar surface area (TPSA) is 95.5 Å². The Balaban J connectivity index is 1.80. The number of ether oxygens (including phenoxy) is 1. The van der Waals surface area contributed by atoms with E-state index in [9.17, 15) is 14.9 Å². The molecule has 0 aliphatic rings. The molecule has 0 saturated carbocycles. The van der Waals surface area contributed by atoms with Crippen LogP contribution in [0, 0.1) is 10.1 Å². The Morgan fingerprint density at radius 1 is 1.42 bits per heavy atom. The predicted molar refractivity (Wildman–Crippen MR) is 90.6 cm³/mol. The Hall–Kier alpha value is -2.39. The molecule has 0 spiro atoms. The number of esters is 1. The molecular formula is C15H12N2O5S2. The van der Waals surface area contributed by atoms with Gasteiger partial charge in [0.1, 0.15) is 5.76 Å². The number of hydrogen-bond donors (Lipinski definition) is 0. The number of thiazole rings is 1. The maximum atomic E-state index is 11.4. The summed E-state index contributed by atoms with van der Waals surface area (Å²) in [6.45, 7) is 1.93. The highest BCUT2D eigenvalue weighted by molar-refractivity contribution is 8.01. The van der Waals surface area contributed by atoms with Gasteiger partial charge in [0.2, 0.25) is 5.76 Å². The number of hydrogen-bond acceptors (Lipinski definition) is 8. The second-order valence-corrected chi connectivity index (χ2v) is 7.46. The summed E-state index contributed by atoms with van der Waals surface area (Å²) in [6, 6.07) is 7.89. The summed E-state index contributed by atoms with van der Waals surface area (Å²) in [7, 11) is 1.29. The molecule has 9 heteroatoms. The highest BCUT2D eigenvalue weighted by atomic mass is 32.2. The largest absolute Gasteiger partial charge is 0.463 e. The summed E-state index contributed by atoms with van der Waals surface area (Å²) in [5.74, 6) is 0.260. The molecule has 24 heavy (non-hydrogen) atoms. The molecule has 124 valence electrons. The van der Waals surface area contributed by atoms with Crippen LogP contribution in [0.5, 0.6) is 0 Å².